The van der Waals surface area contributed by atoms with Gasteiger partial charge in [0.15, 0.2) is 5.65 Å². The highest BCUT2D eigenvalue weighted by molar-refractivity contribution is 7.13. The van der Waals surface area contributed by atoms with Gasteiger partial charge in [0.05, 0.1) is 16.8 Å². The second-order valence-electron chi connectivity index (χ2n) is 6.75. The molecule has 1 aromatic carbocycles. The van der Waals surface area contributed by atoms with Crippen molar-refractivity contribution in [1.82, 2.24) is 24.8 Å². The second kappa shape index (κ2) is 7.92. The van der Waals surface area contributed by atoms with Gasteiger partial charge in [-0.2, -0.15) is 5.10 Å². The lowest BCUT2D eigenvalue weighted by Gasteiger charge is -2.11. The normalized spacial score (nSPS) is 11.2. The molecule has 0 spiro atoms. The van der Waals surface area contributed by atoms with Crippen LogP contribution in [0.15, 0.2) is 60.1 Å². The number of rotatable bonds is 6. The highest BCUT2D eigenvalue weighted by atomic mass is 32.1. The lowest BCUT2D eigenvalue weighted by atomic mass is 10.1. The summed E-state index contributed by atoms with van der Waals surface area (Å²) in [5.74, 6) is -0.0789. The van der Waals surface area contributed by atoms with Gasteiger partial charge >= 0.3 is 0 Å². The third kappa shape index (κ3) is 3.81. The number of benzene rings is 1. The van der Waals surface area contributed by atoms with E-state index in [1.54, 1.807) is 17.5 Å². The first-order valence-electron chi connectivity index (χ1n) is 9.04. The molecule has 3 heterocycles. The maximum atomic E-state index is 12.5. The Hall–Kier alpha value is -3.03. The quantitative estimate of drug-likeness (QED) is 0.547. The van der Waals surface area contributed by atoms with Gasteiger partial charge in [0, 0.05) is 24.2 Å². The van der Waals surface area contributed by atoms with Gasteiger partial charge in [-0.05, 0) is 49.8 Å². The van der Waals surface area contributed by atoms with Gasteiger partial charge in [-0.3, -0.25) is 4.79 Å². The van der Waals surface area contributed by atoms with Crippen molar-refractivity contribution in [3.63, 3.8) is 0 Å². The van der Waals surface area contributed by atoms with Crippen molar-refractivity contribution >= 4 is 22.9 Å². The van der Waals surface area contributed by atoms with E-state index < -0.39 is 0 Å². The number of carbonyl (C=O) groups is 1. The molecular formula is C21H21N5OS. The standard InChI is InChI=1S/C21H21N5OS/c1-25(2)11-10-22-21(27)16-6-3-5-15(13-16)18-14-23-20-9-8-17(24-26(18)20)19-7-4-12-28-19/h3-9,12-14H,10-11H2,1-2H3,(H,22,27). The lowest BCUT2D eigenvalue weighted by molar-refractivity contribution is 0.0951. The number of hydrogen-bond donors (Lipinski definition) is 1. The maximum Gasteiger partial charge on any atom is 0.251 e. The van der Waals surface area contributed by atoms with Crippen LogP contribution >= 0.6 is 11.3 Å². The van der Waals surface area contributed by atoms with Crippen molar-refractivity contribution in [2.45, 2.75) is 0 Å². The molecule has 0 radical (unpaired) electrons. The number of aromatic nitrogens is 3. The average Bonchev–Trinajstić information content (AvgIpc) is 3.37. The summed E-state index contributed by atoms with van der Waals surface area (Å²) in [4.78, 5) is 20.1. The number of carbonyl (C=O) groups excluding carboxylic acids is 1. The van der Waals surface area contributed by atoms with E-state index >= 15 is 0 Å². The summed E-state index contributed by atoms with van der Waals surface area (Å²) in [5.41, 5.74) is 4.07. The minimum atomic E-state index is -0.0789. The Labute approximate surface area is 167 Å². The molecule has 3 aromatic heterocycles. The molecule has 0 saturated heterocycles. The summed E-state index contributed by atoms with van der Waals surface area (Å²) < 4.78 is 1.83. The fourth-order valence-corrected chi connectivity index (χ4v) is 3.63. The Morgan fingerprint density at radius 1 is 1.18 bits per heavy atom. The van der Waals surface area contributed by atoms with Crippen LogP contribution in [0, 0.1) is 0 Å². The first-order chi connectivity index (χ1) is 13.6. The van der Waals surface area contributed by atoms with Gasteiger partial charge < -0.3 is 10.2 Å². The van der Waals surface area contributed by atoms with E-state index in [0.717, 1.165) is 34.0 Å². The largest absolute Gasteiger partial charge is 0.351 e. The number of thiophene rings is 1. The Morgan fingerprint density at radius 3 is 2.86 bits per heavy atom. The predicted molar refractivity (Wildman–Crippen MR) is 113 cm³/mol. The summed E-state index contributed by atoms with van der Waals surface area (Å²) in [7, 11) is 3.96. The smallest absolute Gasteiger partial charge is 0.251 e. The number of hydrogen-bond acceptors (Lipinski definition) is 5. The Kier molecular flexibility index (Phi) is 5.18. The van der Waals surface area contributed by atoms with E-state index in [2.05, 4.69) is 10.3 Å². The molecule has 0 unspecified atom stereocenters. The summed E-state index contributed by atoms with van der Waals surface area (Å²) in [6.07, 6.45) is 1.80. The van der Waals surface area contributed by atoms with Crippen molar-refractivity contribution in [2.75, 3.05) is 27.2 Å². The molecule has 1 N–H and O–H groups in total. The fourth-order valence-electron chi connectivity index (χ4n) is 2.94. The van der Waals surface area contributed by atoms with Gasteiger partial charge in [0.2, 0.25) is 0 Å². The zero-order chi connectivity index (χ0) is 19.5. The van der Waals surface area contributed by atoms with Gasteiger partial charge in [-0.1, -0.05) is 18.2 Å². The van der Waals surface area contributed by atoms with Crippen molar-refractivity contribution in [3.8, 4) is 21.8 Å². The van der Waals surface area contributed by atoms with E-state index in [1.165, 1.54) is 0 Å². The molecule has 142 valence electrons. The first-order valence-corrected chi connectivity index (χ1v) is 9.92. The zero-order valence-electron chi connectivity index (χ0n) is 15.8. The van der Waals surface area contributed by atoms with Crippen LogP contribution in [0.1, 0.15) is 10.4 Å². The van der Waals surface area contributed by atoms with Crippen LogP contribution in [-0.2, 0) is 0 Å². The molecule has 4 aromatic rings. The molecule has 0 aliphatic heterocycles. The Bertz CT molecular complexity index is 1100. The number of nitrogens with one attached hydrogen (secondary N) is 1. The minimum Gasteiger partial charge on any atom is -0.351 e. The van der Waals surface area contributed by atoms with Crippen LogP contribution in [0.2, 0.25) is 0 Å². The van der Waals surface area contributed by atoms with E-state index in [0.29, 0.717) is 12.1 Å². The minimum absolute atomic E-state index is 0.0789. The van der Waals surface area contributed by atoms with Gasteiger partial charge in [0.1, 0.15) is 5.69 Å². The molecular weight excluding hydrogens is 370 g/mol. The Balaban J connectivity index is 1.65. The third-order valence-corrected chi connectivity index (χ3v) is 5.29. The zero-order valence-corrected chi connectivity index (χ0v) is 16.6. The summed E-state index contributed by atoms with van der Waals surface area (Å²) in [6, 6.07) is 15.6. The topological polar surface area (TPSA) is 62.5 Å². The van der Waals surface area contributed by atoms with E-state index in [1.807, 2.05) is 77.4 Å². The summed E-state index contributed by atoms with van der Waals surface area (Å²) >= 11 is 1.65. The molecule has 7 heteroatoms. The van der Waals surface area contributed by atoms with Crippen LogP contribution in [0.5, 0.6) is 0 Å². The van der Waals surface area contributed by atoms with E-state index in [9.17, 15) is 4.79 Å². The van der Waals surface area contributed by atoms with E-state index in [4.69, 9.17) is 5.10 Å². The van der Waals surface area contributed by atoms with Crippen LogP contribution in [0.25, 0.3) is 27.5 Å². The van der Waals surface area contributed by atoms with Crippen LogP contribution in [0.3, 0.4) is 0 Å². The van der Waals surface area contributed by atoms with Gasteiger partial charge in [-0.25, -0.2) is 9.50 Å². The van der Waals surface area contributed by atoms with Gasteiger partial charge in [-0.15, -0.1) is 11.3 Å². The number of nitrogens with zero attached hydrogens (tertiary/aromatic N) is 4. The fraction of sp³-hybridized carbons (Fsp3) is 0.190. The maximum absolute atomic E-state index is 12.5. The van der Waals surface area contributed by atoms with Crippen molar-refractivity contribution in [2.24, 2.45) is 0 Å². The molecule has 4 rings (SSSR count). The van der Waals surface area contributed by atoms with Gasteiger partial charge in [0.25, 0.3) is 5.91 Å². The van der Waals surface area contributed by atoms with Crippen LogP contribution in [0.4, 0.5) is 0 Å². The molecule has 0 bridgehead atoms. The molecule has 6 nitrogen and oxygen atoms in total. The van der Waals surface area contributed by atoms with Crippen molar-refractivity contribution in [3.05, 3.63) is 65.7 Å². The van der Waals surface area contributed by atoms with E-state index in [-0.39, 0.29) is 5.91 Å². The van der Waals surface area contributed by atoms with Crippen molar-refractivity contribution in [1.29, 1.82) is 0 Å². The predicted octanol–water partition coefficient (Wildman–Crippen LogP) is 3.42. The molecule has 0 saturated carbocycles. The number of fused-ring (bicyclic) bond motifs is 1. The van der Waals surface area contributed by atoms with Crippen molar-refractivity contribution < 1.29 is 4.79 Å². The number of amides is 1. The summed E-state index contributed by atoms with van der Waals surface area (Å²) in [6.45, 7) is 1.41. The highest BCUT2D eigenvalue weighted by Crippen LogP contribution is 2.26. The summed E-state index contributed by atoms with van der Waals surface area (Å²) in [5, 5.41) is 9.74. The number of imidazole rings is 1. The molecule has 1 amide bonds. The molecule has 0 aliphatic carbocycles. The third-order valence-electron chi connectivity index (χ3n) is 4.40. The monoisotopic (exact) mass is 391 g/mol. The SMILES string of the molecule is CN(C)CCNC(=O)c1cccc(-c2cnc3ccc(-c4cccs4)nn23)c1. The van der Waals surface area contributed by atoms with Crippen LogP contribution in [-0.4, -0.2) is 52.6 Å². The molecule has 28 heavy (non-hydrogen) atoms. The second-order valence-corrected chi connectivity index (χ2v) is 7.70. The Morgan fingerprint density at radius 2 is 2.07 bits per heavy atom. The average molecular weight is 392 g/mol. The lowest BCUT2D eigenvalue weighted by Crippen LogP contribution is -2.31. The molecule has 0 atom stereocenters. The molecule has 0 fully saturated rings. The molecule has 0 aliphatic rings. The number of likely N-dealkylation sites (N-methyl/N-ethyl adjacent to an activating group) is 1. The first kappa shape index (κ1) is 18.3. The van der Waals surface area contributed by atoms with Crippen LogP contribution < -0.4 is 5.32 Å². The highest BCUT2D eigenvalue weighted by Gasteiger charge is 2.12.